The molecule has 1 aliphatic rings. The van der Waals surface area contributed by atoms with Gasteiger partial charge in [-0.1, -0.05) is 13.3 Å². The lowest BCUT2D eigenvalue weighted by Gasteiger charge is -2.31. The van der Waals surface area contributed by atoms with Gasteiger partial charge in [0.15, 0.2) is 0 Å². The van der Waals surface area contributed by atoms with Crippen LogP contribution in [0, 0.1) is 0 Å². The van der Waals surface area contributed by atoms with Gasteiger partial charge in [-0.2, -0.15) is 0 Å². The molecule has 2 amide bonds. The van der Waals surface area contributed by atoms with E-state index in [0.717, 1.165) is 39.0 Å². The highest BCUT2D eigenvalue weighted by Gasteiger charge is 2.24. The summed E-state index contributed by atoms with van der Waals surface area (Å²) in [7, 11) is 1.83. The van der Waals surface area contributed by atoms with Crippen molar-refractivity contribution in [1.29, 1.82) is 0 Å². The summed E-state index contributed by atoms with van der Waals surface area (Å²) < 4.78 is 0. The monoisotopic (exact) mass is 298 g/mol. The van der Waals surface area contributed by atoms with Gasteiger partial charge in [0.1, 0.15) is 0 Å². The van der Waals surface area contributed by atoms with Gasteiger partial charge in [0.2, 0.25) is 11.8 Å². The molecule has 6 nitrogen and oxygen atoms in total. The van der Waals surface area contributed by atoms with Crippen molar-refractivity contribution in [1.82, 2.24) is 20.4 Å². The highest BCUT2D eigenvalue weighted by molar-refractivity contribution is 5.83. The maximum absolute atomic E-state index is 12.2. The molecule has 122 valence electrons. The Bertz CT molecular complexity index is 343. The molecule has 2 unspecified atom stereocenters. The first-order valence-electron chi connectivity index (χ1n) is 7.94. The topological polar surface area (TPSA) is 64.7 Å². The lowest BCUT2D eigenvalue weighted by molar-refractivity contribution is -0.134. The summed E-state index contributed by atoms with van der Waals surface area (Å²) in [5.74, 6) is 0.0896. The van der Waals surface area contributed by atoms with Crippen molar-refractivity contribution in [3.8, 4) is 0 Å². The van der Waals surface area contributed by atoms with Crippen molar-refractivity contribution in [3.63, 3.8) is 0 Å². The number of nitrogens with zero attached hydrogens (tertiary/aromatic N) is 2. The van der Waals surface area contributed by atoms with E-state index >= 15 is 0 Å². The van der Waals surface area contributed by atoms with Crippen LogP contribution in [-0.2, 0) is 9.59 Å². The molecule has 0 aromatic carbocycles. The number of likely N-dealkylation sites (N-methyl/N-ethyl adjacent to an activating group) is 1. The fourth-order valence-corrected chi connectivity index (χ4v) is 2.43. The molecule has 0 aromatic heterocycles. The van der Waals surface area contributed by atoms with Gasteiger partial charge in [0.25, 0.3) is 0 Å². The molecule has 6 heteroatoms. The second-order valence-electron chi connectivity index (χ2n) is 5.92. The third kappa shape index (κ3) is 6.01. The highest BCUT2D eigenvalue weighted by atomic mass is 16.2. The van der Waals surface area contributed by atoms with E-state index < -0.39 is 0 Å². The maximum Gasteiger partial charge on any atom is 0.237 e. The smallest absolute Gasteiger partial charge is 0.237 e. The molecule has 1 aliphatic heterocycles. The second-order valence-corrected chi connectivity index (χ2v) is 5.92. The summed E-state index contributed by atoms with van der Waals surface area (Å²) in [6, 6.07) is -0.113. The van der Waals surface area contributed by atoms with E-state index in [1.165, 1.54) is 0 Å². The molecule has 0 spiro atoms. The minimum atomic E-state index is -0.295. The van der Waals surface area contributed by atoms with Crippen molar-refractivity contribution in [2.45, 2.75) is 45.7 Å². The molecule has 0 radical (unpaired) electrons. The van der Waals surface area contributed by atoms with Crippen LogP contribution < -0.4 is 10.6 Å². The fourth-order valence-electron chi connectivity index (χ4n) is 2.43. The molecule has 1 heterocycles. The van der Waals surface area contributed by atoms with E-state index in [9.17, 15) is 9.59 Å². The van der Waals surface area contributed by atoms with Crippen LogP contribution in [0.3, 0.4) is 0 Å². The Morgan fingerprint density at radius 1 is 1.29 bits per heavy atom. The molecule has 21 heavy (non-hydrogen) atoms. The number of piperazine rings is 1. The van der Waals surface area contributed by atoms with Crippen molar-refractivity contribution in [3.05, 3.63) is 0 Å². The zero-order valence-electron chi connectivity index (χ0n) is 13.8. The SMILES string of the molecule is CCCC(C)NC(=O)C(C)N(C)CC(=O)N1CCNCC1. The van der Waals surface area contributed by atoms with Gasteiger partial charge in [0.05, 0.1) is 12.6 Å². The van der Waals surface area contributed by atoms with E-state index in [1.54, 1.807) is 0 Å². The van der Waals surface area contributed by atoms with Gasteiger partial charge in [-0.05, 0) is 27.3 Å². The van der Waals surface area contributed by atoms with Crippen LogP contribution in [0.4, 0.5) is 0 Å². The minimum absolute atomic E-state index is 0.00781. The zero-order chi connectivity index (χ0) is 15.8. The Morgan fingerprint density at radius 3 is 2.48 bits per heavy atom. The van der Waals surface area contributed by atoms with Gasteiger partial charge in [-0.25, -0.2) is 0 Å². The number of carbonyl (C=O) groups excluding carboxylic acids is 2. The Balaban J connectivity index is 2.40. The molecular weight excluding hydrogens is 268 g/mol. The summed E-state index contributed by atoms with van der Waals surface area (Å²) in [6.07, 6.45) is 2.02. The Morgan fingerprint density at radius 2 is 1.90 bits per heavy atom. The molecule has 1 saturated heterocycles. The highest BCUT2D eigenvalue weighted by Crippen LogP contribution is 2.02. The zero-order valence-corrected chi connectivity index (χ0v) is 13.8. The summed E-state index contributed by atoms with van der Waals surface area (Å²) in [4.78, 5) is 28.0. The molecule has 0 aromatic rings. The lowest BCUT2D eigenvalue weighted by atomic mass is 10.2. The molecule has 1 fully saturated rings. The van der Waals surface area contributed by atoms with E-state index in [0.29, 0.717) is 0 Å². The van der Waals surface area contributed by atoms with Gasteiger partial charge >= 0.3 is 0 Å². The van der Waals surface area contributed by atoms with Crippen LogP contribution in [0.15, 0.2) is 0 Å². The van der Waals surface area contributed by atoms with Crippen molar-refractivity contribution < 1.29 is 9.59 Å². The summed E-state index contributed by atoms with van der Waals surface area (Å²) in [5, 5.41) is 6.22. The summed E-state index contributed by atoms with van der Waals surface area (Å²) in [6.45, 7) is 9.45. The summed E-state index contributed by atoms with van der Waals surface area (Å²) in [5.41, 5.74) is 0. The molecule has 0 aliphatic carbocycles. The van der Waals surface area contributed by atoms with Gasteiger partial charge in [-0.3, -0.25) is 14.5 Å². The lowest BCUT2D eigenvalue weighted by Crippen LogP contribution is -2.52. The normalized spacial score (nSPS) is 18.4. The third-order valence-corrected chi connectivity index (χ3v) is 4.01. The van der Waals surface area contributed by atoms with Crippen LogP contribution in [0.25, 0.3) is 0 Å². The number of rotatable bonds is 7. The van der Waals surface area contributed by atoms with E-state index in [2.05, 4.69) is 17.6 Å². The third-order valence-electron chi connectivity index (χ3n) is 4.01. The maximum atomic E-state index is 12.2. The standard InChI is InChI=1S/C15H30N4O2/c1-5-6-12(2)17-15(21)13(3)18(4)11-14(20)19-9-7-16-8-10-19/h12-13,16H,5-11H2,1-4H3,(H,17,21). The summed E-state index contributed by atoms with van der Waals surface area (Å²) >= 11 is 0. The number of hydrogen-bond donors (Lipinski definition) is 2. The number of amides is 2. The average Bonchev–Trinajstić information content (AvgIpc) is 2.47. The average molecular weight is 298 g/mol. The molecule has 0 bridgehead atoms. The minimum Gasteiger partial charge on any atom is -0.352 e. The first-order valence-corrected chi connectivity index (χ1v) is 7.94. The van der Waals surface area contributed by atoms with Crippen molar-refractivity contribution in [2.24, 2.45) is 0 Å². The molecular formula is C15H30N4O2. The molecule has 2 atom stereocenters. The number of hydrogen-bond acceptors (Lipinski definition) is 4. The molecule has 2 N–H and O–H groups in total. The van der Waals surface area contributed by atoms with E-state index in [-0.39, 0.29) is 30.4 Å². The first kappa shape index (κ1) is 17.9. The van der Waals surface area contributed by atoms with E-state index in [1.807, 2.05) is 30.7 Å². The van der Waals surface area contributed by atoms with Crippen LogP contribution in [0.5, 0.6) is 0 Å². The fraction of sp³-hybridized carbons (Fsp3) is 0.867. The van der Waals surface area contributed by atoms with Crippen LogP contribution in [0.2, 0.25) is 0 Å². The van der Waals surface area contributed by atoms with E-state index in [4.69, 9.17) is 0 Å². The van der Waals surface area contributed by atoms with Crippen LogP contribution >= 0.6 is 0 Å². The largest absolute Gasteiger partial charge is 0.352 e. The Kier molecular flexibility index (Phi) is 7.67. The van der Waals surface area contributed by atoms with Crippen LogP contribution in [0.1, 0.15) is 33.6 Å². The quantitative estimate of drug-likeness (QED) is 0.697. The second kappa shape index (κ2) is 9.00. The number of nitrogens with one attached hydrogen (secondary N) is 2. The van der Waals surface area contributed by atoms with Crippen molar-refractivity contribution >= 4 is 11.8 Å². The van der Waals surface area contributed by atoms with Gasteiger partial charge < -0.3 is 15.5 Å². The Hall–Kier alpha value is -1.14. The first-order chi connectivity index (χ1) is 9.95. The predicted molar refractivity (Wildman–Crippen MR) is 84.1 cm³/mol. The molecule has 1 rings (SSSR count). The van der Waals surface area contributed by atoms with Crippen LogP contribution in [-0.4, -0.2) is 73.5 Å². The Labute approximate surface area is 128 Å². The predicted octanol–water partition coefficient (Wildman–Crippen LogP) is 0.0433. The van der Waals surface area contributed by atoms with Gasteiger partial charge in [-0.15, -0.1) is 0 Å². The van der Waals surface area contributed by atoms with Gasteiger partial charge in [0, 0.05) is 32.2 Å². The van der Waals surface area contributed by atoms with Crippen molar-refractivity contribution in [2.75, 3.05) is 39.8 Å². The molecule has 0 saturated carbocycles. The number of carbonyl (C=O) groups is 2.